The third-order valence-corrected chi connectivity index (χ3v) is 4.89. The molecule has 0 bridgehead atoms. The molecule has 0 aliphatic heterocycles. The zero-order valence-electron chi connectivity index (χ0n) is 13.7. The Morgan fingerprint density at radius 2 is 1.96 bits per heavy atom. The van der Waals surface area contributed by atoms with Crippen LogP contribution in [0.15, 0.2) is 24.3 Å². The van der Waals surface area contributed by atoms with E-state index in [4.69, 9.17) is 0 Å². The Labute approximate surface area is 137 Å². The van der Waals surface area contributed by atoms with Gasteiger partial charge in [-0.25, -0.2) is 4.79 Å². The van der Waals surface area contributed by atoms with Gasteiger partial charge >= 0.3 is 6.03 Å². The van der Waals surface area contributed by atoms with E-state index in [0.717, 1.165) is 44.3 Å². The summed E-state index contributed by atoms with van der Waals surface area (Å²) in [5, 5.41) is 19.1. The topological polar surface area (TPSA) is 73.4 Å². The highest BCUT2D eigenvalue weighted by molar-refractivity contribution is 5.89. The number of aliphatic hydroxyl groups is 1. The van der Waals surface area contributed by atoms with Crippen LogP contribution in [0.3, 0.4) is 0 Å². The molecule has 0 saturated heterocycles. The summed E-state index contributed by atoms with van der Waals surface area (Å²) < 4.78 is 0. The molecule has 0 aromatic heterocycles. The molecule has 5 nitrogen and oxygen atoms in total. The van der Waals surface area contributed by atoms with Gasteiger partial charge in [0.15, 0.2) is 0 Å². The molecule has 2 saturated carbocycles. The summed E-state index contributed by atoms with van der Waals surface area (Å²) in [6.45, 7) is 2.98. The van der Waals surface area contributed by atoms with Crippen LogP contribution in [0, 0.1) is 5.92 Å². The summed E-state index contributed by atoms with van der Waals surface area (Å²) in [5.41, 5.74) is 2.00. The van der Waals surface area contributed by atoms with Gasteiger partial charge in [0, 0.05) is 24.3 Å². The van der Waals surface area contributed by atoms with E-state index in [1.807, 2.05) is 24.3 Å². The van der Waals surface area contributed by atoms with Gasteiger partial charge < -0.3 is 21.1 Å². The zero-order valence-corrected chi connectivity index (χ0v) is 13.7. The summed E-state index contributed by atoms with van der Waals surface area (Å²) in [6.07, 6.45) is 5.21. The standard InChI is InChI=1S/C18H27N3O2/c1-12(19-11-14-3-2-4-17(14)22)13-5-7-15(8-6-13)20-18(23)21-16-9-10-16/h5-8,12,14,16-17,19,22H,2-4,9-11H2,1H3,(H2,20,21,23). The number of rotatable bonds is 6. The molecule has 1 aromatic rings. The van der Waals surface area contributed by atoms with Gasteiger partial charge in [-0.1, -0.05) is 18.6 Å². The molecule has 5 heteroatoms. The Bertz CT molecular complexity index is 528. The number of carbonyl (C=O) groups is 1. The van der Waals surface area contributed by atoms with Gasteiger partial charge in [-0.2, -0.15) is 0 Å². The average Bonchev–Trinajstić information content (AvgIpc) is 3.25. The molecule has 2 amide bonds. The van der Waals surface area contributed by atoms with E-state index in [2.05, 4.69) is 22.9 Å². The second kappa shape index (κ2) is 7.32. The van der Waals surface area contributed by atoms with E-state index in [1.54, 1.807) is 0 Å². The highest BCUT2D eigenvalue weighted by atomic mass is 16.3. The maximum atomic E-state index is 11.7. The number of amides is 2. The van der Waals surface area contributed by atoms with E-state index in [-0.39, 0.29) is 18.2 Å². The first-order chi connectivity index (χ1) is 11.1. The molecule has 3 atom stereocenters. The van der Waals surface area contributed by atoms with Crippen molar-refractivity contribution in [3.63, 3.8) is 0 Å². The Hall–Kier alpha value is -1.59. The van der Waals surface area contributed by atoms with Gasteiger partial charge in [0.05, 0.1) is 6.10 Å². The lowest BCUT2D eigenvalue weighted by atomic mass is 10.0. The molecule has 0 heterocycles. The van der Waals surface area contributed by atoms with Gasteiger partial charge in [-0.05, 0) is 56.2 Å². The van der Waals surface area contributed by atoms with Crippen LogP contribution in [0.2, 0.25) is 0 Å². The quantitative estimate of drug-likeness (QED) is 0.652. The molecule has 2 aliphatic rings. The number of carbonyl (C=O) groups excluding carboxylic acids is 1. The lowest BCUT2D eigenvalue weighted by Crippen LogP contribution is -2.30. The largest absolute Gasteiger partial charge is 0.393 e. The van der Waals surface area contributed by atoms with Crippen molar-refractivity contribution in [2.24, 2.45) is 5.92 Å². The predicted octanol–water partition coefficient (Wildman–Crippen LogP) is 2.78. The van der Waals surface area contributed by atoms with Crippen LogP contribution >= 0.6 is 0 Å². The molecule has 2 aliphatic carbocycles. The molecule has 1 aromatic carbocycles. The first-order valence-electron chi connectivity index (χ1n) is 8.71. The Kier molecular flexibility index (Phi) is 5.18. The number of nitrogens with one attached hydrogen (secondary N) is 3. The summed E-state index contributed by atoms with van der Waals surface area (Å²) in [7, 11) is 0. The molecule has 3 rings (SSSR count). The molecular formula is C18H27N3O2. The Morgan fingerprint density at radius 1 is 1.22 bits per heavy atom. The fourth-order valence-electron chi connectivity index (χ4n) is 3.14. The van der Waals surface area contributed by atoms with Gasteiger partial charge in [0.25, 0.3) is 0 Å². The number of benzene rings is 1. The van der Waals surface area contributed by atoms with Crippen LogP contribution in [0.5, 0.6) is 0 Å². The normalized spacial score (nSPS) is 25.1. The Balaban J connectivity index is 1.46. The monoisotopic (exact) mass is 317 g/mol. The molecule has 0 spiro atoms. The lowest BCUT2D eigenvalue weighted by molar-refractivity contribution is 0.130. The minimum absolute atomic E-state index is 0.123. The van der Waals surface area contributed by atoms with Crippen LogP contribution < -0.4 is 16.0 Å². The maximum Gasteiger partial charge on any atom is 0.319 e. The van der Waals surface area contributed by atoms with Crippen LogP contribution in [0.25, 0.3) is 0 Å². The number of hydrogen-bond acceptors (Lipinski definition) is 3. The molecule has 126 valence electrons. The predicted molar refractivity (Wildman–Crippen MR) is 91.4 cm³/mol. The van der Waals surface area contributed by atoms with Gasteiger partial charge in [-0.15, -0.1) is 0 Å². The van der Waals surface area contributed by atoms with E-state index in [9.17, 15) is 9.90 Å². The summed E-state index contributed by atoms with van der Waals surface area (Å²) in [4.78, 5) is 11.7. The number of hydrogen-bond donors (Lipinski definition) is 4. The van der Waals surface area contributed by atoms with Crippen molar-refractivity contribution in [1.82, 2.24) is 10.6 Å². The fourth-order valence-corrected chi connectivity index (χ4v) is 3.14. The van der Waals surface area contributed by atoms with Crippen molar-refractivity contribution < 1.29 is 9.90 Å². The summed E-state index contributed by atoms with van der Waals surface area (Å²) in [5.74, 6) is 0.379. The second-order valence-electron chi connectivity index (χ2n) is 6.88. The second-order valence-corrected chi connectivity index (χ2v) is 6.88. The Morgan fingerprint density at radius 3 is 2.57 bits per heavy atom. The third-order valence-electron chi connectivity index (χ3n) is 4.89. The van der Waals surface area contributed by atoms with Crippen LogP contribution in [0.4, 0.5) is 10.5 Å². The van der Waals surface area contributed by atoms with Crippen LogP contribution in [-0.2, 0) is 0 Å². The van der Waals surface area contributed by atoms with Gasteiger partial charge in [-0.3, -0.25) is 0 Å². The molecule has 3 unspecified atom stereocenters. The molecule has 23 heavy (non-hydrogen) atoms. The first-order valence-corrected chi connectivity index (χ1v) is 8.71. The summed E-state index contributed by atoms with van der Waals surface area (Å²) in [6, 6.07) is 8.42. The van der Waals surface area contributed by atoms with Gasteiger partial charge in [0.1, 0.15) is 0 Å². The van der Waals surface area contributed by atoms with Crippen molar-refractivity contribution >= 4 is 11.7 Å². The van der Waals surface area contributed by atoms with E-state index in [1.165, 1.54) is 5.56 Å². The highest BCUT2D eigenvalue weighted by Gasteiger charge is 2.25. The van der Waals surface area contributed by atoms with Crippen molar-refractivity contribution in [2.45, 2.75) is 57.2 Å². The van der Waals surface area contributed by atoms with Crippen LogP contribution in [-0.4, -0.2) is 29.8 Å². The first kappa shape index (κ1) is 16.3. The van der Waals surface area contributed by atoms with Crippen molar-refractivity contribution in [3.05, 3.63) is 29.8 Å². The van der Waals surface area contributed by atoms with E-state index >= 15 is 0 Å². The average molecular weight is 317 g/mol. The minimum atomic E-state index is -0.147. The highest BCUT2D eigenvalue weighted by Crippen LogP contribution is 2.26. The minimum Gasteiger partial charge on any atom is -0.393 e. The van der Waals surface area contributed by atoms with Gasteiger partial charge in [0.2, 0.25) is 0 Å². The smallest absolute Gasteiger partial charge is 0.319 e. The van der Waals surface area contributed by atoms with E-state index < -0.39 is 0 Å². The van der Waals surface area contributed by atoms with E-state index in [0.29, 0.717) is 12.0 Å². The number of anilines is 1. The van der Waals surface area contributed by atoms with Crippen LogP contribution in [0.1, 0.15) is 50.6 Å². The third kappa shape index (κ3) is 4.69. The zero-order chi connectivity index (χ0) is 16.2. The number of urea groups is 1. The molecular weight excluding hydrogens is 290 g/mol. The summed E-state index contributed by atoms with van der Waals surface area (Å²) >= 11 is 0. The number of aliphatic hydroxyl groups excluding tert-OH is 1. The maximum absolute atomic E-state index is 11.7. The fraction of sp³-hybridized carbons (Fsp3) is 0.611. The molecule has 2 fully saturated rings. The van der Waals surface area contributed by atoms with Crippen molar-refractivity contribution in [3.8, 4) is 0 Å². The molecule has 4 N–H and O–H groups in total. The molecule has 0 radical (unpaired) electrons. The van der Waals surface area contributed by atoms with Crippen molar-refractivity contribution in [1.29, 1.82) is 0 Å². The lowest BCUT2D eigenvalue weighted by Gasteiger charge is -2.20. The van der Waals surface area contributed by atoms with Crippen molar-refractivity contribution in [2.75, 3.05) is 11.9 Å². The SMILES string of the molecule is CC(NCC1CCCC1O)c1ccc(NC(=O)NC2CC2)cc1.